The van der Waals surface area contributed by atoms with Gasteiger partial charge in [0.2, 0.25) is 0 Å². The van der Waals surface area contributed by atoms with Gasteiger partial charge in [0.1, 0.15) is 4.64 Å². The van der Waals surface area contributed by atoms with Gasteiger partial charge in [-0.25, -0.2) is 0 Å². The van der Waals surface area contributed by atoms with E-state index in [1.54, 1.807) is 11.8 Å². The molecule has 0 aromatic carbocycles. The van der Waals surface area contributed by atoms with Crippen molar-refractivity contribution in [2.24, 2.45) is 0 Å². The number of fused-ring (bicyclic) bond motifs is 2. The standard InChI is InChI=1S/C22H18N4S3/c27-20-18-17-15(12-13-4-8-23-9-5-13)2-1-3-16(17)19(14-6-10-24-11-7-14)29-21(18)26-22(28)25-20/h4-12,19H,1-3H2,(H2,25,26,27,28)/b15-12+. The SMILES string of the molecule is S=c1[nH]c2c(c(=S)[nH]1)C1=C(CCC/C1=C\c1ccncc1)C(c1ccncc1)S2. The Hall–Kier alpha value is -2.35. The summed E-state index contributed by atoms with van der Waals surface area (Å²) in [4.78, 5) is 14.8. The Bertz CT molecular complexity index is 1240. The summed E-state index contributed by atoms with van der Waals surface area (Å²) in [7, 11) is 0. The molecule has 7 heteroatoms. The van der Waals surface area contributed by atoms with Gasteiger partial charge in [-0.1, -0.05) is 30.1 Å². The van der Waals surface area contributed by atoms with E-state index in [1.807, 2.05) is 36.9 Å². The molecule has 2 N–H and O–H groups in total. The number of nitrogens with zero attached hydrogens (tertiary/aromatic N) is 2. The van der Waals surface area contributed by atoms with Gasteiger partial charge in [0.05, 0.1) is 10.3 Å². The van der Waals surface area contributed by atoms with Crippen molar-refractivity contribution < 1.29 is 0 Å². The van der Waals surface area contributed by atoms with E-state index in [9.17, 15) is 0 Å². The highest BCUT2D eigenvalue weighted by atomic mass is 32.2. The van der Waals surface area contributed by atoms with E-state index in [0.29, 0.717) is 9.41 Å². The monoisotopic (exact) mass is 434 g/mol. The van der Waals surface area contributed by atoms with E-state index < -0.39 is 0 Å². The third-order valence-electron chi connectivity index (χ3n) is 5.30. The first kappa shape index (κ1) is 18.7. The van der Waals surface area contributed by atoms with Gasteiger partial charge in [-0.05, 0) is 83.6 Å². The van der Waals surface area contributed by atoms with E-state index in [2.05, 4.69) is 38.1 Å². The summed E-state index contributed by atoms with van der Waals surface area (Å²) in [6, 6.07) is 8.29. The van der Waals surface area contributed by atoms with Crippen LogP contribution in [0.5, 0.6) is 0 Å². The zero-order valence-electron chi connectivity index (χ0n) is 15.5. The molecule has 1 aliphatic carbocycles. The topological polar surface area (TPSA) is 57.4 Å². The smallest absolute Gasteiger partial charge is 0.176 e. The average Bonchev–Trinajstić information content (AvgIpc) is 2.74. The molecule has 0 amide bonds. The Morgan fingerprint density at radius 3 is 2.45 bits per heavy atom. The van der Waals surface area contributed by atoms with Crippen molar-refractivity contribution in [2.75, 3.05) is 0 Å². The lowest BCUT2D eigenvalue weighted by Crippen LogP contribution is -2.15. The molecule has 29 heavy (non-hydrogen) atoms. The zero-order valence-corrected chi connectivity index (χ0v) is 18.0. The van der Waals surface area contributed by atoms with Crippen LogP contribution in [-0.4, -0.2) is 19.9 Å². The maximum atomic E-state index is 5.73. The number of thioether (sulfide) groups is 1. The quantitative estimate of drug-likeness (QED) is 0.358. The van der Waals surface area contributed by atoms with Crippen LogP contribution in [0.2, 0.25) is 0 Å². The molecule has 0 fully saturated rings. The highest BCUT2D eigenvalue weighted by Crippen LogP contribution is 2.55. The van der Waals surface area contributed by atoms with Gasteiger partial charge in [-0.2, -0.15) is 0 Å². The first-order chi connectivity index (χ1) is 14.2. The second kappa shape index (κ2) is 7.82. The van der Waals surface area contributed by atoms with Crippen LogP contribution < -0.4 is 0 Å². The molecule has 144 valence electrons. The fourth-order valence-electron chi connectivity index (χ4n) is 4.09. The summed E-state index contributed by atoms with van der Waals surface area (Å²) in [6.07, 6.45) is 12.9. The third-order valence-corrected chi connectivity index (χ3v) is 7.15. The zero-order chi connectivity index (χ0) is 19.8. The normalized spacial score (nSPS) is 19.7. The Kier molecular flexibility index (Phi) is 5.03. The van der Waals surface area contributed by atoms with Crippen LogP contribution in [0.15, 0.2) is 65.2 Å². The summed E-state index contributed by atoms with van der Waals surface area (Å²) < 4.78 is 1.27. The van der Waals surface area contributed by atoms with E-state index in [0.717, 1.165) is 35.4 Å². The molecule has 1 aliphatic heterocycles. The molecule has 0 bridgehead atoms. The molecule has 2 aliphatic rings. The highest BCUT2D eigenvalue weighted by Gasteiger charge is 2.34. The van der Waals surface area contributed by atoms with Crippen molar-refractivity contribution in [3.8, 4) is 0 Å². The van der Waals surface area contributed by atoms with Crippen molar-refractivity contribution in [3.05, 3.63) is 86.3 Å². The van der Waals surface area contributed by atoms with Gasteiger partial charge in [-0.3, -0.25) is 9.97 Å². The molecule has 0 spiro atoms. The molecule has 0 saturated carbocycles. The van der Waals surface area contributed by atoms with Gasteiger partial charge >= 0.3 is 0 Å². The average molecular weight is 435 g/mol. The van der Waals surface area contributed by atoms with Crippen LogP contribution in [0, 0.1) is 9.41 Å². The fourth-order valence-corrected chi connectivity index (χ4v) is 6.19. The maximum Gasteiger partial charge on any atom is 0.176 e. The van der Waals surface area contributed by atoms with Crippen LogP contribution >= 0.6 is 36.2 Å². The number of pyridine rings is 2. The summed E-state index contributed by atoms with van der Waals surface area (Å²) >= 11 is 12.9. The molecule has 0 saturated heterocycles. The number of nitrogens with one attached hydrogen (secondary N) is 2. The molecule has 1 atom stereocenters. The summed E-state index contributed by atoms with van der Waals surface area (Å²) in [6.45, 7) is 0. The predicted octanol–water partition coefficient (Wildman–Crippen LogP) is 6.46. The van der Waals surface area contributed by atoms with Crippen LogP contribution in [0.1, 0.15) is 41.2 Å². The summed E-state index contributed by atoms with van der Waals surface area (Å²) in [5.41, 5.74) is 7.53. The first-order valence-electron chi connectivity index (χ1n) is 9.48. The van der Waals surface area contributed by atoms with Gasteiger partial charge in [-0.15, -0.1) is 0 Å². The van der Waals surface area contributed by atoms with E-state index >= 15 is 0 Å². The van der Waals surface area contributed by atoms with Crippen molar-refractivity contribution >= 4 is 47.8 Å². The van der Waals surface area contributed by atoms with Crippen molar-refractivity contribution in [2.45, 2.75) is 29.5 Å². The minimum Gasteiger partial charge on any atom is -0.327 e. The van der Waals surface area contributed by atoms with E-state index in [-0.39, 0.29) is 5.25 Å². The Labute approximate surface area is 183 Å². The van der Waals surface area contributed by atoms with Crippen LogP contribution in [0.4, 0.5) is 0 Å². The summed E-state index contributed by atoms with van der Waals surface area (Å²) in [5, 5.41) is 1.27. The number of hydrogen-bond acceptors (Lipinski definition) is 5. The van der Waals surface area contributed by atoms with Gasteiger partial charge in [0.15, 0.2) is 4.77 Å². The van der Waals surface area contributed by atoms with Gasteiger partial charge in [0, 0.05) is 30.4 Å². The van der Waals surface area contributed by atoms with E-state index in [1.165, 1.54) is 22.3 Å². The van der Waals surface area contributed by atoms with Crippen LogP contribution in [-0.2, 0) is 0 Å². The second-order valence-electron chi connectivity index (χ2n) is 7.09. The second-order valence-corrected chi connectivity index (χ2v) is 9.03. The number of rotatable bonds is 2. The molecular formula is C22H18N4S3. The Morgan fingerprint density at radius 1 is 0.966 bits per heavy atom. The molecule has 4 heterocycles. The highest BCUT2D eigenvalue weighted by molar-refractivity contribution is 7.99. The van der Waals surface area contributed by atoms with Crippen LogP contribution in [0.3, 0.4) is 0 Å². The predicted molar refractivity (Wildman–Crippen MR) is 123 cm³/mol. The molecule has 3 aromatic heterocycles. The molecule has 4 nitrogen and oxygen atoms in total. The number of aromatic nitrogens is 4. The van der Waals surface area contributed by atoms with Gasteiger partial charge in [0.25, 0.3) is 0 Å². The maximum absolute atomic E-state index is 5.73. The number of aromatic amines is 2. The van der Waals surface area contributed by atoms with Crippen LogP contribution in [0.25, 0.3) is 11.6 Å². The summed E-state index contributed by atoms with van der Waals surface area (Å²) in [5.74, 6) is 0. The van der Waals surface area contributed by atoms with Crippen molar-refractivity contribution in [1.29, 1.82) is 0 Å². The molecule has 5 rings (SSSR count). The largest absolute Gasteiger partial charge is 0.327 e. The fraction of sp³-hybridized carbons (Fsp3) is 0.182. The third kappa shape index (κ3) is 3.54. The first-order valence-corrected chi connectivity index (χ1v) is 11.2. The molecule has 0 radical (unpaired) electrons. The lowest BCUT2D eigenvalue weighted by molar-refractivity contribution is 0.761. The number of hydrogen-bond donors (Lipinski definition) is 2. The lowest BCUT2D eigenvalue weighted by Gasteiger charge is -2.34. The minimum atomic E-state index is 0.226. The lowest BCUT2D eigenvalue weighted by atomic mass is 9.80. The number of H-pyrrole nitrogens is 2. The minimum absolute atomic E-state index is 0.226. The molecule has 1 unspecified atom stereocenters. The molecule has 3 aromatic rings. The van der Waals surface area contributed by atoms with Crippen molar-refractivity contribution in [1.82, 2.24) is 19.9 Å². The molecular weight excluding hydrogens is 416 g/mol. The van der Waals surface area contributed by atoms with Crippen molar-refractivity contribution in [3.63, 3.8) is 0 Å². The Balaban J connectivity index is 1.77. The van der Waals surface area contributed by atoms with Gasteiger partial charge < -0.3 is 9.97 Å². The van der Waals surface area contributed by atoms with E-state index in [4.69, 9.17) is 24.4 Å². The number of allylic oxidation sites excluding steroid dienone is 2. The Morgan fingerprint density at radius 2 is 1.69 bits per heavy atom.